The van der Waals surface area contributed by atoms with Crippen molar-refractivity contribution in [1.29, 1.82) is 0 Å². The minimum absolute atomic E-state index is 0.144. The van der Waals surface area contributed by atoms with Gasteiger partial charge in [-0.2, -0.15) is 0 Å². The van der Waals surface area contributed by atoms with Gasteiger partial charge in [0, 0.05) is 38.9 Å². The number of carbonyl (C=O) groups is 1. The Morgan fingerprint density at radius 2 is 1.93 bits per heavy atom. The number of rotatable bonds is 8. The Balaban J connectivity index is 1.48. The van der Waals surface area contributed by atoms with E-state index in [4.69, 9.17) is 21.1 Å². The number of nitrogens with one attached hydrogen (secondary N) is 1. The molecule has 5 nitrogen and oxygen atoms in total. The first kappa shape index (κ1) is 20.6. The number of nitrogens with zero attached hydrogens (tertiary/aromatic N) is 1. The Hall–Kier alpha value is -2.08. The third kappa shape index (κ3) is 5.96. The minimum Gasteiger partial charge on any atom is -0.489 e. The van der Waals surface area contributed by atoms with E-state index >= 15 is 0 Å². The van der Waals surface area contributed by atoms with Crippen molar-refractivity contribution in [3.05, 3.63) is 64.7 Å². The summed E-state index contributed by atoms with van der Waals surface area (Å²) in [6.07, 6.45) is 2.07. The van der Waals surface area contributed by atoms with Crippen LogP contribution >= 0.6 is 11.6 Å². The van der Waals surface area contributed by atoms with Crippen molar-refractivity contribution in [2.24, 2.45) is 0 Å². The van der Waals surface area contributed by atoms with E-state index in [1.54, 1.807) is 25.3 Å². The molecule has 1 saturated heterocycles. The third-order valence-electron chi connectivity index (χ3n) is 4.86. The number of methoxy groups -OCH3 is 1. The zero-order chi connectivity index (χ0) is 19.8. The topological polar surface area (TPSA) is 50.8 Å². The summed E-state index contributed by atoms with van der Waals surface area (Å²) in [7, 11) is 1.60. The lowest BCUT2D eigenvalue weighted by molar-refractivity contribution is 0.0935. The monoisotopic (exact) mass is 402 g/mol. The second kappa shape index (κ2) is 10.5. The minimum atomic E-state index is -0.167. The summed E-state index contributed by atoms with van der Waals surface area (Å²) in [5.41, 5.74) is 1.86. The lowest BCUT2D eigenvalue weighted by Crippen LogP contribution is -2.37. The van der Waals surface area contributed by atoms with E-state index in [9.17, 15) is 4.79 Å². The molecule has 0 spiro atoms. The van der Waals surface area contributed by atoms with Crippen LogP contribution in [0.5, 0.6) is 5.75 Å². The van der Waals surface area contributed by atoms with E-state index in [0.29, 0.717) is 29.5 Å². The highest BCUT2D eigenvalue weighted by Crippen LogP contribution is 2.28. The van der Waals surface area contributed by atoms with Crippen LogP contribution < -0.4 is 10.1 Å². The lowest BCUT2D eigenvalue weighted by atomic mass is 10.1. The molecule has 0 aliphatic carbocycles. The van der Waals surface area contributed by atoms with Gasteiger partial charge < -0.3 is 14.8 Å². The van der Waals surface area contributed by atoms with Gasteiger partial charge in [-0.1, -0.05) is 41.9 Å². The molecule has 1 heterocycles. The quantitative estimate of drug-likeness (QED) is 0.683. The molecule has 0 atom stereocenters. The molecule has 2 aromatic rings. The fourth-order valence-electron chi connectivity index (χ4n) is 3.31. The predicted molar refractivity (Wildman–Crippen MR) is 111 cm³/mol. The molecule has 150 valence electrons. The lowest BCUT2D eigenvalue weighted by Gasteiger charge is -2.32. The third-order valence-corrected chi connectivity index (χ3v) is 5.16. The van der Waals surface area contributed by atoms with E-state index in [1.165, 1.54) is 5.56 Å². The summed E-state index contributed by atoms with van der Waals surface area (Å²) in [5.74, 6) is 0.469. The number of piperidine rings is 1. The van der Waals surface area contributed by atoms with Crippen molar-refractivity contribution in [2.45, 2.75) is 25.5 Å². The number of likely N-dealkylation sites (tertiary alicyclic amines) is 1. The average Bonchev–Trinajstić information content (AvgIpc) is 2.72. The molecule has 0 aromatic heterocycles. The van der Waals surface area contributed by atoms with Crippen LogP contribution in [0.3, 0.4) is 0 Å². The molecule has 2 aromatic carbocycles. The molecule has 28 heavy (non-hydrogen) atoms. The van der Waals surface area contributed by atoms with Gasteiger partial charge in [0.15, 0.2) is 0 Å². The molecule has 0 unspecified atom stereocenters. The Bertz CT molecular complexity index is 762. The first-order valence-corrected chi connectivity index (χ1v) is 10.0. The maximum atomic E-state index is 12.1. The molecule has 6 heteroatoms. The van der Waals surface area contributed by atoms with E-state index < -0.39 is 0 Å². The Morgan fingerprint density at radius 1 is 1.18 bits per heavy atom. The number of halogens is 1. The highest BCUT2D eigenvalue weighted by atomic mass is 35.5. The van der Waals surface area contributed by atoms with Crippen molar-refractivity contribution in [3.8, 4) is 5.75 Å². The van der Waals surface area contributed by atoms with Gasteiger partial charge in [-0.05, 0) is 36.6 Å². The summed E-state index contributed by atoms with van der Waals surface area (Å²) in [6, 6.07) is 15.7. The fourth-order valence-corrected chi connectivity index (χ4v) is 3.54. The van der Waals surface area contributed by atoms with Crippen molar-refractivity contribution in [3.63, 3.8) is 0 Å². The van der Waals surface area contributed by atoms with Crippen LogP contribution in [0.25, 0.3) is 0 Å². The maximum absolute atomic E-state index is 12.1. The fraction of sp³-hybridized carbons (Fsp3) is 0.409. The van der Waals surface area contributed by atoms with Crippen LogP contribution in [0.15, 0.2) is 48.5 Å². The van der Waals surface area contributed by atoms with Gasteiger partial charge in [0.2, 0.25) is 0 Å². The molecular weight excluding hydrogens is 376 g/mol. The van der Waals surface area contributed by atoms with E-state index in [-0.39, 0.29) is 12.0 Å². The van der Waals surface area contributed by atoms with Crippen LogP contribution in [-0.2, 0) is 11.3 Å². The van der Waals surface area contributed by atoms with Gasteiger partial charge in [0.05, 0.1) is 11.6 Å². The average molecular weight is 403 g/mol. The molecule has 1 amide bonds. The molecule has 1 aliphatic rings. The second-order valence-electron chi connectivity index (χ2n) is 6.97. The number of carbonyl (C=O) groups excluding carboxylic acids is 1. The molecule has 0 bridgehead atoms. The molecule has 1 N–H and O–H groups in total. The van der Waals surface area contributed by atoms with Crippen molar-refractivity contribution >= 4 is 17.5 Å². The SMILES string of the molecule is COCCNC(=O)c1ccc(OC2CCN(Cc3ccccc3)CC2)c(Cl)c1. The number of hydrogen-bond donors (Lipinski definition) is 1. The molecule has 1 fully saturated rings. The number of amides is 1. The Labute approximate surface area is 171 Å². The smallest absolute Gasteiger partial charge is 0.251 e. The molecule has 0 radical (unpaired) electrons. The summed E-state index contributed by atoms with van der Waals surface area (Å²) >= 11 is 6.35. The molecule has 3 rings (SSSR count). The highest BCUT2D eigenvalue weighted by molar-refractivity contribution is 6.32. The van der Waals surface area contributed by atoms with Crippen LogP contribution in [-0.4, -0.2) is 50.3 Å². The standard InChI is InChI=1S/C22H27ClN2O3/c1-27-14-11-24-22(26)18-7-8-21(20(23)15-18)28-19-9-12-25(13-10-19)16-17-5-3-2-4-6-17/h2-8,15,19H,9-14,16H2,1H3,(H,24,26). The summed E-state index contributed by atoms with van der Waals surface area (Å²) in [6.45, 7) is 3.91. The largest absolute Gasteiger partial charge is 0.489 e. The van der Waals surface area contributed by atoms with Crippen molar-refractivity contribution in [1.82, 2.24) is 10.2 Å². The van der Waals surface area contributed by atoms with Crippen LogP contribution in [0, 0.1) is 0 Å². The zero-order valence-corrected chi connectivity index (χ0v) is 17.0. The van der Waals surface area contributed by atoms with Crippen LogP contribution in [0.4, 0.5) is 0 Å². The highest BCUT2D eigenvalue weighted by Gasteiger charge is 2.21. The van der Waals surface area contributed by atoms with Gasteiger partial charge in [-0.25, -0.2) is 0 Å². The normalized spacial score (nSPS) is 15.4. The van der Waals surface area contributed by atoms with Crippen molar-refractivity contribution < 1.29 is 14.3 Å². The first-order chi connectivity index (χ1) is 13.7. The van der Waals surface area contributed by atoms with Crippen LogP contribution in [0.1, 0.15) is 28.8 Å². The molecule has 0 saturated carbocycles. The van der Waals surface area contributed by atoms with Gasteiger partial charge in [-0.3, -0.25) is 9.69 Å². The number of ether oxygens (including phenoxy) is 2. The van der Waals surface area contributed by atoms with E-state index in [0.717, 1.165) is 32.5 Å². The molecule has 1 aliphatic heterocycles. The maximum Gasteiger partial charge on any atom is 0.251 e. The summed E-state index contributed by atoms with van der Waals surface area (Å²) in [4.78, 5) is 14.5. The first-order valence-electron chi connectivity index (χ1n) is 9.65. The van der Waals surface area contributed by atoms with Gasteiger partial charge >= 0.3 is 0 Å². The Morgan fingerprint density at radius 3 is 2.61 bits per heavy atom. The second-order valence-corrected chi connectivity index (χ2v) is 7.38. The number of benzene rings is 2. The van der Waals surface area contributed by atoms with Crippen molar-refractivity contribution in [2.75, 3.05) is 33.4 Å². The van der Waals surface area contributed by atoms with Gasteiger partial charge in [-0.15, -0.1) is 0 Å². The van der Waals surface area contributed by atoms with E-state index in [2.05, 4.69) is 34.5 Å². The van der Waals surface area contributed by atoms with Gasteiger partial charge in [0.1, 0.15) is 11.9 Å². The predicted octanol–water partition coefficient (Wildman–Crippen LogP) is 3.76. The van der Waals surface area contributed by atoms with E-state index in [1.807, 2.05) is 6.07 Å². The summed E-state index contributed by atoms with van der Waals surface area (Å²) in [5, 5.41) is 3.25. The zero-order valence-electron chi connectivity index (χ0n) is 16.2. The Kier molecular flexibility index (Phi) is 7.71. The van der Waals surface area contributed by atoms with Crippen LogP contribution in [0.2, 0.25) is 5.02 Å². The summed E-state index contributed by atoms with van der Waals surface area (Å²) < 4.78 is 11.0. The number of hydrogen-bond acceptors (Lipinski definition) is 4. The van der Waals surface area contributed by atoms with Gasteiger partial charge in [0.25, 0.3) is 5.91 Å². The molecular formula is C22H27ClN2O3.